The standard InChI is InChI=1S/C21H12ClF11N4O2/c1-37-15(14(20(28,29)30)16(35-37)18(23,24)21(31,32)33)12-6-13(39-36-12)7-2-3-10(22)8(4-7)17(38)34-11-5-9(11)19(25,26)27/h2-4,6,9,11H,5H2,1H3,(H,34,38)/t9-,11-/m0/s1. The van der Waals surface area contributed by atoms with Crippen LogP contribution in [0.2, 0.25) is 5.02 Å². The van der Waals surface area contributed by atoms with E-state index >= 15 is 0 Å². The highest BCUT2D eigenvalue weighted by Gasteiger charge is 2.64. The molecule has 6 nitrogen and oxygen atoms in total. The van der Waals surface area contributed by atoms with Crippen molar-refractivity contribution in [2.45, 2.75) is 36.9 Å². The summed E-state index contributed by atoms with van der Waals surface area (Å²) in [4.78, 5) is 12.5. The number of hydrogen-bond acceptors (Lipinski definition) is 4. The fourth-order valence-corrected chi connectivity index (χ4v) is 3.98. The highest BCUT2D eigenvalue weighted by Crippen LogP contribution is 2.50. The number of aromatic nitrogens is 3. The fraction of sp³-hybridized carbons (Fsp3) is 0.381. The average Bonchev–Trinajstić information content (AvgIpc) is 3.23. The van der Waals surface area contributed by atoms with Gasteiger partial charge in [-0.05, 0) is 24.6 Å². The third-order valence-corrected chi connectivity index (χ3v) is 6.09. The summed E-state index contributed by atoms with van der Waals surface area (Å²) in [5.74, 6) is -9.08. The minimum Gasteiger partial charge on any atom is -0.356 e. The maximum Gasteiger partial charge on any atom is 0.459 e. The van der Waals surface area contributed by atoms with Crippen molar-refractivity contribution >= 4 is 17.5 Å². The Balaban J connectivity index is 1.70. The smallest absolute Gasteiger partial charge is 0.356 e. The third-order valence-electron chi connectivity index (χ3n) is 5.76. The van der Waals surface area contributed by atoms with Crippen molar-refractivity contribution in [2.75, 3.05) is 0 Å². The van der Waals surface area contributed by atoms with Gasteiger partial charge < -0.3 is 9.84 Å². The second kappa shape index (κ2) is 9.09. The van der Waals surface area contributed by atoms with Gasteiger partial charge in [-0.2, -0.15) is 53.4 Å². The van der Waals surface area contributed by atoms with Crippen LogP contribution in [0.4, 0.5) is 48.3 Å². The lowest BCUT2D eigenvalue weighted by Crippen LogP contribution is -2.36. The second-order valence-corrected chi connectivity index (χ2v) is 8.91. The molecule has 0 saturated heterocycles. The molecule has 1 saturated carbocycles. The Labute approximate surface area is 214 Å². The van der Waals surface area contributed by atoms with E-state index in [0.717, 1.165) is 18.2 Å². The number of halogens is 12. The number of carbonyl (C=O) groups is 1. The molecule has 1 aliphatic carbocycles. The molecule has 1 N–H and O–H groups in total. The molecule has 0 aliphatic heterocycles. The zero-order chi connectivity index (χ0) is 29.3. The van der Waals surface area contributed by atoms with Gasteiger partial charge in [-0.3, -0.25) is 9.48 Å². The number of nitrogens with zero attached hydrogens (tertiary/aromatic N) is 3. The molecule has 4 rings (SSSR count). The first-order valence-corrected chi connectivity index (χ1v) is 10.8. The minimum atomic E-state index is -6.39. The Kier molecular flexibility index (Phi) is 6.68. The number of benzene rings is 1. The number of nitrogens with one attached hydrogen (secondary N) is 1. The van der Waals surface area contributed by atoms with Crippen molar-refractivity contribution in [3.8, 4) is 22.7 Å². The quantitative estimate of drug-likeness (QED) is 0.331. The maximum absolute atomic E-state index is 13.9. The molecule has 1 aromatic carbocycles. The summed E-state index contributed by atoms with van der Waals surface area (Å²) in [5, 5.41) is 8.05. The SMILES string of the molecule is Cn1nc(C(F)(F)C(F)(F)F)c(C(F)(F)F)c1-c1cc(-c2ccc(Cl)c(C(=O)N[C@H]3C[C@@H]3C(F)(F)F)c2)on1. The molecule has 0 radical (unpaired) electrons. The van der Waals surface area contributed by atoms with Crippen molar-refractivity contribution in [1.29, 1.82) is 0 Å². The van der Waals surface area contributed by atoms with Gasteiger partial charge in [0.2, 0.25) is 0 Å². The van der Waals surface area contributed by atoms with E-state index in [-0.39, 0.29) is 33.0 Å². The van der Waals surface area contributed by atoms with Crippen molar-refractivity contribution in [3.05, 3.63) is 46.1 Å². The van der Waals surface area contributed by atoms with E-state index in [1.54, 1.807) is 0 Å². The van der Waals surface area contributed by atoms with Gasteiger partial charge in [0.1, 0.15) is 17.0 Å². The van der Waals surface area contributed by atoms with E-state index in [4.69, 9.17) is 16.1 Å². The van der Waals surface area contributed by atoms with Gasteiger partial charge in [-0.25, -0.2) is 0 Å². The molecule has 2 aromatic heterocycles. The second-order valence-electron chi connectivity index (χ2n) is 8.50. The lowest BCUT2D eigenvalue weighted by atomic mass is 10.0. The van der Waals surface area contributed by atoms with Crippen LogP contribution in [0.1, 0.15) is 28.0 Å². The van der Waals surface area contributed by atoms with Crippen LogP contribution in [-0.4, -0.2) is 39.2 Å². The van der Waals surface area contributed by atoms with E-state index in [0.29, 0.717) is 7.05 Å². The van der Waals surface area contributed by atoms with Crippen LogP contribution in [0, 0.1) is 5.92 Å². The highest BCUT2D eigenvalue weighted by molar-refractivity contribution is 6.34. The van der Waals surface area contributed by atoms with Gasteiger partial charge >= 0.3 is 24.5 Å². The lowest BCUT2D eigenvalue weighted by Gasteiger charge is -2.19. The highest BCUT2D eigenvalue weighted by atomic mass is 35.5. The summed E-state index contributed by atoms with van der Waals surface area (Å²) in [6.07, 6.45) is -17.0. The van der Waals surface area contributed by atoms with Gasteiger partial charge in [0.05, 0.1) is 16.5 Å². The predicted molar refractivity (Wildman–Crippen MR) is 110 cm³/mol. The first-order chi connectivity index (χ1) is 17.7. The monoisotopic (exact) mass is 596 g/mol. The number of amides is 1. The predicted octanol–water partition coefficient (Wildman–Crippen LogP) is 6.75. The molecule has 212 valence electrons. The van der Waals surface area contributed by atoms with E-state index in [1.165, 1.54) is 6.07 Å². The summed E-state index contributed by atoms with van der Waals surface area (Å²) in [5.41, 5.74) is -7.50. The van der Waals surface area contributed by atoms with E-state index in [9.17, 15) is 53.1 Å². The van der Waals surface area contributed by atoms with E-state index < -0.39 is 65.0 Å². The van der Waals surface area contributed by atoms with Crippen LogP contribution in [0.3, 0.4) is 0 Å². The summed E-state index contributed by atoms with van der Waals surface area (Å²) >= 11 is 5.95. The molecule has 2 heterocycles. The van der Waals surface area contributed by atoms with Crippen molar-refractivity contribution in [1.82, 2.24) is 20.3 Å². The summed E-state index contributed by atoms with van der Waals surface area (Å²) < 4.78 is 151. The summed E-state index contributed by atoms with van der Waals surface area (Å²) in [6, 6.07) is 2.90. The Hall–Kier alpha value is -3.37. The van der Waals surface area contributed by atoms with Gasteiger partial charge in [0.15, 0.2) is 11.5 Å². The zero-order valence-electron chi connectivity index (χ0n) is 18.9. The van der Waals surface area contributed by atoms with Crippen LogP contribution < -0.4 is 5.32 Å². The Bertz CT molecular complexity index is 1420. The Morgan fingerprint density at radius 3 is 2.23 bits per heavy atom. The maximum atomic E-state index is 13.9. The normalized spacial score (nSPS) is 18.4. The van der Waals surface area contributed by atoms with Crippen molar-refractivity contribution in [3.63, 3.8) is 0 Å². The van der Waals surface area contributed by atoms with E-state index in [1.807, 2.05) is 0 Å². The Morgan fingerprint density at radius 1 is 1.05 bits per heavy atom. The van der Waals surface area contributed by atoms with Crippen molar-refractivity contribution < 1.29 is 57.6 Å². The largest absolute Gasteiger partial charge is 0.459 e. The number of carbonyl (C=O) groups excluding carboxylic acids is 1. The molecular weight excluding hydrogens is 585 g/mol. The van der Waals surface area contributed by atoms with Gasteiger partial charge in [0.25, 0.3) is 5.91 Å². The van der Waals surface area contributed by atoms with Gasteiger partial charge in [0, 0.05) is 24.7 Å². The first-order valence-electron chi connectivity index (χ1n) is 10.5. The fourth-order valence-electron chi connectivity index (χ4n) is 3.78. The Morgan fingerprint density at radius 2 is 1.69 bits per heavy atom. The molecule has 2 atom stereocenters. The van der Waals surface area contributed by atoms with Crippen molar-refractivity contribution in [2.24, 2.45) is 13.0 Å². The van der Waals surface area contributed by atoms with Crippen LogP contribution in [-0.2, 0) is 19.1 Å². The average molecular weight is 597 g/mol. The molecule has 18 heteroatoms. The molecule has 39 heavy (non-hydrogen) atoms. The third kappa shape index (κ3) is 5.27. The lowest BCUT2D eigenvalue weighted by molar-refractivity contribution is -0.292. The molecule has 1 fully saturated rings. The van der Waals surface area contributed by atoms with Crippen LogP contribution in [0.25, 0.3) is 22.7 Å². The summed E-state index contributed by atoms with van der Waals surface area (Å²) in [7, 11) is 0.686. The van der Waals surface area contributed by atoms with E-state index in [2.05, 4.69) is 15.6 Å². The molecule has 0 unspecified atom stereocenters. The molecule has 1 aliphatic rings. The molecule has 3 aromatic rings. The van der Waals surface area contributed by atoms with Gasteiger partial charge in [-0.15, -0.1) is 0 Å². The van der Waals surface area contributed by atoms with Gasteiger partial charge in [-0.1, -0.05) is 16.8 Å². The molecule has 0 bridgehead atoms. The molecule has 1 amide bonds. The zero-order valence-corrected chi connectivity index (χ0v) is 19.6. The number of alkyl halides is 11. The molecule has 0 spiro atoms. The number of hydrogen-bond donors (Lipinski definition) is 1. The summed E-state index contributed by atoms with van der Waals surface area (Å²) in [6.45, 7) is 0. The first kappa shape index (κ1) is 28.6. The minimum absolute atomic E-state index is 0.0805. The van der Waals surface area contributed by atoms with Crippen LogP contribution in [0.5, 0.6) is 0 Å². The topological polar surface area (TPSA) is 73.0 Å². The van der Waals surface area contributed by atoms with Crippen LogP contribution in [0.15, 0.2) is 28.8 Å². The number of aryl methyl sites for hydroxylation is 1. The van der Waals surface area contributed by atoms with Crippen LogP contribution >= 0.6 is 11.6 Å². The molecular formula is C21H12ClF11N4O2. The number of rotatable bonds is 5.